The number of fused-ring (bicyclic) bond motifs is 1. The minimum atomic E-state index is -2.93. The van der Waals surface area contributed by atoms with Crippen LogP contribution < -0.4 is 10.1 Å². The van der Waals surface area contributed by atoms with Crippen molar-refractivity contribution in [1.29, 1.82) is 0 Å². The van der Waals surface area contributed by atoms with Gasteiger partial charge in [-0.1, -0.05) is 25.1 Å². The molecule has 0 aromatic heterocycles. The van der Waals surface area contributed by atoms with Gasteiger partial charge in [0.25, 0.3) is 0 Å². The second-order valence-corrected chi connectivity index (χ2v) is 7.31. The molecule has 0 fully saturated rings. The molecule has 0 radical (unpaired) electrons. The first kappa shape index (κ1) is 14.3. The molecule has 1 aliphatic rings. The summed E-state index contributed by atoms with van der Waals surface area (Å²) in [4.78, 5) is 0. The van der Waals surface area contributed by atoms with Crippen molar-refractivity contribution < 1.29 is 13.2 Å². The average Bonchev–Trinajstić information content (AvgIpc) is 2.76. The van der Waals surface area contributed by atoms with E-state index in [4.69, 9.17) is 4.74 Å². The van der Waals surface area contributed by atoms with E-state index in [0.717, 1.165) is 18.7 Å². The molecule has 19 heavy (non-hydrogen) atoms. The number of likely N-dealkylation sites (N-methyl/N-ethyl adjacent to an activating group) is 1. The average molecular weight is 283 g/mol. The smallest absolute Gasteiger partial charge is 0.147 e. The molecule has 0 saturated heterocycles. The highest BCUT2D eigenvalue weighted by molar-refractivity contribution is 7.90. The minimum absolute atomic E-state index is 0.0269. The zero-order valence-electron chi connectivity index (χ0n) is 11.4. The molecule has 2 rings (SSSR count). The molecule has 1 aromatic carbocycles. The Morgan fingerprint density at radius 3 is 2.79 bits per heavy atom. The van der Waals surface area contributed by atoms with Gasteiger partial charge in [-0.25, -0.2) is 8.42 Å². The van der Waals surface area contributed by atoms with E-state index in [1.54, 1.807) is 0 Å². The predicted octanol–water partition coefficient (Wildman–Crippen LogP) is 1.40. The fourth-order valence-electron chi connectivity index (χ4n) is 2.46. The highest BCUT2D eigenvalue weighted by Gasteiger charge is 2.30. The normalized spacial score (nSPS) is 19.8. The van der Waals surface area contributed by atoms with Crippen molar-refractivity contribution in [2.45, 2.75) is 31.9 Å². The highest BCUT2D eigenvalue weighted by Crippen LogP contribution is 2.30. The van der Waals surface area contributed by atoms with Crippen molar-refractivity contribution in [3.63, 3.8) is 0 Å². The van der Waals surface area contributed by atoms with Gasteiger partial charge in [0.2, 0.25) is 0 Å². The van der Waals surface area contributed by atoms with Crippen molar-refractivity contribution in [3.8, 4) is 5.75 Å². The SMILES string of the molecule is CCNC(CCS(C)(=O)=O)C1Cc2ccccc2O1. The molecule has 2 unspecified atom stereocenters. The maximum Gasteiger partial charge on any atom is 0.147 e. The summed E-state index contributed by atoms with van der Waals surface area (Å²) in [5, 5.41) is 3.34. The number of sulfone groups is 1. The number of ether oxygens (including phenoxy) is 1. The lowest BCUT2D eigenvalue weighted by Gasteiger charge is -2.23. The van der Waals surface area contributed by atoms with E-state index in [0.29, 0.717) is 6.42 Å². The number of para-hydroxylation sites is 1. The largest absolute Gasteiger partial charge is 0.488 e. The zero-order valence-corrected chi connectivity index (χ0v) is 12.2. The molecule has 0 saturated carbocycles. The molecule has 4 nitrogen and oxygen atoms in total. The lowest BCUT2D eigenvalue weighted by Crippen LogP contribution is -2.43. The van der Waals surface area contributed by atoms with Gasteiger partial charge in [0, 0.05) is 18.7 Å². The Hall–Kier alpha value is -1.07. The summed E-state index contributed by atoms with van der Waals surface area (Å²) in [6, 6.07) is 8.07. The Balaban J connectivity index is 2.02. The summed E-state index contributed by atoms with van der Waals surface area (Å²) in [5.74, 6) is 1.12. The monoisotopic (exact) mass is 283 g/mol. The fourth-order valence-corrected chi connectivity index (χ4v) is 3.14. The molecular formula is C14H21NO3S. The maximum atomic E-state index is 11.3. The molecule has 0 spiro atoms. The molecule has 0 bridgehead atoms. The summed E-state index contributed by atoms with van der Waals surface area (Å²) < 4.78 is 28.5. The van der Waals surface area contributed by atoms with Crippen molar-refractivity contribution in [2.24, 2.45) is 0 Å². The van der Waals surface area contributed by atoms with Gasteiger partial charge in [0.05, 0.1) is 5.75 Å². The van der Waals surface area contributed by atoms with Crippen LogP contribution in [0.1, 0.15) is 18.9 Å². The second-order valence-electron chi connectivity index (χ2n) is 5.05. The van der Waals surface area contributed by atoms with E-state index < -0.39 is 9.84 Å². The maximum absolute atomic E-state index is 11.3. The van der Waals surface area contributed by atoms with Crippen LogP contribution >= 0.6 is 0 Å². The molecule has 1 aromatic rings. The van der Waals surface area contributed by atoms with E-state index >= 15 is 0 Å². The molecule has 0 amide bonds. The number of benzene rings is 1. The number of rotatable bonds is 6. The van der Waals surface area contributed by atoms with Gasteiger partial charge >= 0.3 is 0 Å². The lowest BCUT2D eigenvalue weighted by atomic mass is 10.0. The Labute approximate surface area is 115 Å². The molecule has 5 heteroatoms. The van der Waals surface area contributed by atoms with Crippen LogP contribution in [0, 0.1) is 0 Å². The van der Waals surface area contributed by atoms with E-state index in [-0.39, 0.29) is 17.9 Å². The van der Waals surface area contributed by atoms with Crippen LogP contribution in [-0.4, -0.2) is 39.1 Å². The quantitative estimate of drug-likeness (QED) is 0.857. The van der Waals surface area contributed by atoms with Crippen molar-refractivity contribution in [1.82, 2.24) is 5.32 Å². The molecule has 106 valence electrons. The second kappa shape index (κ2) is 5.92. The number of hydrogen-bond donors (Lipinski definition) is 1. The van der Waals surface area contributed by atoms with Crippen LogP contribution in [-0.2, 0) is 16.3 Å². The molecular weight excluding hydrogens is 262 g/mol. The molecule has 1 N–H and O–H groups in total. The number of nitrogens with one attached hydrogen (secondary N) is 1. The molecule has 1 heterocycles. The minimum Gasteiger partial charge on any atom is -0.488 e. The van der Waals surface area contributed by atoms with E-state index in [1.165, 1.54) is 11.8 Å². The van der Waals surface area contributed by atoms with Crippen LogP contribution in [0.3, 0.4) is 0 Å². The van der Waals surface area contributed by atoms with Gasteiger partial charge in [-0.2, -0.15) is 0 Å². The first-order chi connectivity index (χ1) is 8.99. The van der Waals surface area contributed by atoms with Crippen molar-refractivity contribution in [2.75, 3.05) is 18.6 Å². The van der Waals surface area contributed by atoms with Gasteiger partial charge < -0.3 is 10.1 Å². The molecule has 1 aliphatic heterocycles. The van der Waals surface area contributed by atoms with Crippen LogP contribution in [0.15, 0.2) is 24.3 Å². The van der Waals surface area contributed by atoms with Crippen LogP contribution in [0.4, 0.5) is 0 Å². The van der Waals surface area contributed by atoms with E-state index in [1.807, 2.05) is 25.1 Å². The lowest BCUT2D eigenvalue weighted by molar-refractivity contribution is 0.176. The van der Waals surface area contributed by atoms with Gasteiger partial charge in [-0.3, -0.25) is 0 Å². The third kappa shape index (κ3) is 3.94. The van der Waals surface area contributed by atoms with Crippen LogP contribution in [0.2, 0.25) is 0 Å². The Kier molecular flexibility index (Phi) is 4.47. The third-order valence-corrected chi connectivity index (χ3v) is 4.36. The zero-order chi connectivity index (χ0) is 13.9. The molecule has 0 aliphatic carbocycles. The Bertz CT molecular complexity index is 502. The summed E-state index contributed by atoms with van der Waals surface area (Å²) in [5.41, 5.74) is 1.20. The Morgan fingerprint density at radius 2 is 2.16 bits per heavy atom. The number of hydrogen-bond acceptors (Lipinski definition) is 4. The summed E-state index contributed by atoms with van der Waals surface area (Å²) in [6.07, 6.45) is 2.74. The summed E-state index contributed by atoms with van der Waals surface area (Å²) in [6.45, 7) is 2.83. The van der Waals surface area contributed by atoms with Crippen molar-refractivity contribution in [3.05, 3.63) is 29.8 Å². The topological polar surface area (TPSA) is 55.4 Å². The Morgan fingerprint density at radius 1 is 1.42 bits per heavy atom. The van der Waals surface area contributed by atoms with Gasteiger partial charge in [-0.05, 0) is 24.6 Å². The van der Waals surface area contributed by atoms with Gasteiger partial charge in [-0.15, -0.1) is 0 Å². The van der Waals surface area contributed by atoms with Gasteiger partial charge in [0.1, 0.15) is 21.7 Å². The van der Waals surface area contributed by atoms with E-state index in [2.05, 4.69) is 11.4 Å². The first-order valence-electron chi connectivity index (χ1n) is 6.65. The standard InChI is InChI=1S/C14H21NO3S/c1-3-15-12(8-9-19(2,16)17)14-10-11-6-4-5-7-13(11)18-14/h4-7,12,14-15H,3,8-10H2,1-2H3. The summed E-state index contributed by atoms with van der Waals surface area (Å²) >= 11 is 0. The molecule has 2 atom stereocenters. The van der Waals surface area contributed by atoms with Crippen molar-refractivity contribution >= 4 is 9.84 Å². The third-order valence-electron chi connectivity index (χ3n) is 3.39. The summed E-state index contributed by atoms with van der Waals surface area (Å²) in [7, 11) is -2.93. The first-order valence-corrected chi connectivity index (χ1v) is 8.71. The van der Waals surface area contributed by atoms with E-state index in [9.17, 15) is 8.42 Å². The van der Waals surface area contributed by atoms with Crippen LogP contribution in [0.25, 0.3) is 0 Å². The van der Waals surface area contributed by atoms with Gasteiger partial charge in [0.15, 0.2) is 0 Å². The fraction of sp³-hybridized carbons (Fsp3) is 0.571. The van der Waals surface area contributed by atoms with Crippen LogP contribution in [0.5, 0.6) is 5.75 Å². The highest BCUT2D eigenvalue weighted by atomic mass is 32.2. The predicted molar refractivity (Wildman–Crippen MR) is 76.4 cm³/mol.